The molecular formula is C28H37F3N2O2. The Morgan fingerprint density at radius 3 is 2.29 bits per heavy atom. The number of alkyl halides is 3. The van der Waals surface area contributed by atoms with E-state index in [1.807, 2.05) is 26.0 Å². The van der Waals surface area contributed by atoms with Gasteiger partial charge >= 0.3 is 6.18 Å². The van der Waals surface area contributed by atoms with E-state index in [4.69, 9.17) is 4.74 Å². The van der Waals surface area contributed by atoms with Crippen molar-refractivity contribution in [1.82, 2.24) is 9.88 Å². The number of ether oxygens (including phenoxy) is 1. The van der Waals surface area contributed by atoms with Gasteiger partial charge in [-0.3, -0.25) is 4.79 Å². The number of aromatic nitrogens is 1. The molecule has 7 heteroatoms. The van der Waals surface area contributed by atoms with Gasteiger partial charge in [-0.25, -0.2) is 0 Å². The molecule has 2 fully saturated rings. The minimum Gasteiger partial charge on any atom is -0.484 e. The molecule has 2 saturated carbocycles. The molecule has 1 aromatic carbocycles. The first-order valence-corrected chi connectivity index (χ1v) is 13.0. The molecule has 192 valence electrons. The van der Waals surface area contributed by atoms with Gasteiger partial charge in [0, 0.05) is 29.5 Å². The molecule has 35 heavy (non-hydrogen) atoms. The van der Waals surface area contributed by atoms with Crippen molar-refractivity contribution in [3.63, 3.8) is 0 Å². The lowest BCUT2D eigenvalue weighted by Crippen LogP contribution is -2.36. The number of amides is 1. The van der Waals surface area contributed by atoms with E-state index in [-0.39, 0.29) is 17.7 Å². The van der Waals surface area contributed by atoms with Crippen molar-refractivity contribution < 1.29 is 22.7 Å². The summed E-state index contributed by atoms with van der Waals surface area (Å²) >= 11 is 0. The number of halogens is 3. The summed E-state index contributed by atoms with van der Waals surface area (Å²) in [5.41, 5.74) is 4.34. The summed E-state index contributed by atoms with van der Waals surface area (Å²) in [6.45, 7) is 3.43. The maximum atomic E-state index is 13.3. The van der Waals surface area contributed by atoms with Gasteiger partial charge in [-0.1, -0.05) is 38.5 Å². The third kappa shape index (κ3) is 6.62. The number of carbonyl (C=O) groups is 1. The lowest BCUT2D eigenvalue weighted by Gasteiger charge is -2.25. The molecule has 0 atom stereocenters. The molecule has 2 aliphatic carbocycles. The van der Waals surface area contributed by atoms with E-state index in [9.17, 15) is 18.0 Å². The zero-order chi connectivity index (χ0) is 25.0. The first-order valence-electron chi connectivity index (χ1n) is 13.0. The summed E-state index contributed by atoms with van der Waals surface area (Å²) in [5.74, 6) is 0.735. The van der Waals surface area contributed by atoms with Crippen molar-refractivity contribution in [3.8, 4) is 17.0 Å². The molecule has 4 nitrogen and oxygen atoms in total. The summed E-state index contributed by atoms with van der Waals surface area (Å²) in [4.78, 5) is 13.3. The number of benzene rings is 1. The second-order valence-corrected chi connectivity index (χ2v) is 10.3. The number of hydrogen-bond donors (Lipinski definition) is 1. The Morgan fingerprint density at radius 2 is 1.66 bits per heavy atom. The molecule has 1 aromatic heterocycles. The van der Waals surface area contributed by atoms with Gasteiger partial charge in [0.15, 0.2) is 6.61 Å². The predicted molar refractivity (Wildman–Crippen MR) is 132 cm³/mol. The molecule has 0 saturated heterocycles. The molecule has 4 rings (SSSR count). The van der Waals surface area contributed by atoms with E-state index in [0.717, 1.165) is 54.7 Å². The fourth-order valence-corrected chi connectivity index (χ4v) is 5.65. The zero-order valence-corrected chi connectivity index (χ0v) is 20.8. The van der Waals surface area contributed by atoms with Crippen molar-refractivity contribution in [2.24, 2.45) is 5.92 Å². The van der Waals surface area contributed by atoms with Gasteiger partial charge in [-0.15, -0.1) is 0 Å². The quantitative estimate of drug-likeness (QED) is 0.441. The van der Waals surface area contributed by atoms with Crippen LogP contribution in [0.3, 0.4) is 0 Å². The maximum Gasteiger partial charge on any atom is 0.422 e. The Labute approximate surface area is 206 Å². The van der Waals surface area contributed by atoms with Crippen LogP contribution in [0.25, 0.3) is 11.3 Å². The molecular weight excluding hydrogens is 453 g/mol. The average Bonchev–Trinajstić information content (AvgIpc) is 3.14. The van der Waals surface area contributed by atoms with E-state index >= 15 is 0 Å². The molecule has 0 spiro atoms. The molecule has 0 aliphatic heterocycles. The number of hydrogen-bond acceptors (Lipinski definition) is 2. The number of rotatable bonds is 7. The predicted octanol–water partition coefficient (Wildman–Crippen LogP) is 7.36. The van der Waals surface area contributed by atoms with Crippen LogP contribution in [0.2, 0.25) is 0 Å². The van der Waals surface area contributed by atoms with E-state index < -0.39 is 12.8 Å². The minimum absolute atomic E-state index is 0.0270. The summed E-state index contributed by atoms with van der Waals surface area (Å²) in [5, 5.41) is 3.25. The van der Waals surface area contributed by atoms with Crippen molar-refractivity contribution in [1.29, 1.82) is 0 Å². The Morgan fingerprint density at radius 1 is 1.00 bits per heavy atom. The van der Waals surface area contributed by atoms with Crippen LogP contribution in [-0.2, 0) is 6.54 Å². The second-order valence-electron chi connectivity index (χ2n) is 10.3. The van der Waals surface area contributed by atoms with E-state index in [0.29, 0.717) is 11.5 Å². The highest BCUT2D eigenvalue weighted by Crippen LogP contribution is 2.34. The highest BCUT2D eigenvalue weighted by Gasteiger charge is 2.29. The third-order valence-corrected chi connectivity index (χ3v) is 7.59. The number of nitrogens with zero attached hydrogens (tertiary/aromatic N) is 1. The Hall–Kier alpha value is -2.44. The van der Waals surface area contributed by atoms with Crippen LogP contribution in [0.5, 0.6) is 5.75 Å². The van der Waals surface area contributed by atoms with Crippen molar-refractivity contribution in [3.05, 3.63) is 41.1 Å². The van der Waals surface area contributed by atoms with Crippen molar-refractivity contribution in [2.45, 2.75) is 96.8 Å². The van der Waals surface area contributed by atoms with Crippen LogP contribution >= 0.6 is 0 Å². The van der Waals surface area contributed by atoms with Crippen LogP contribution in [0.1, 0.15) is 85.8 Å². The van der Waals surface area contributed by atoms with E-state index in [2.05, 4.69) is 9.88 Å². The molecule has 2 aromatic rings. The van der Waals surface area contributed by atoms with Gasteiger partial charge in [0.1, 0.15) is 5.75 Å². The molecule has 0 unspecified atom stereocenters. The van der Waals surface area contributed by atoms with Crippen molar-refractivity contribution in [2.75, 3.05) is 6.61 Å². The van der Waals surface area contributed by atoms with Crippen LogP contribution in [0.4, 0.5) is 13.2 Å². The van der Waals surface area contributed by atoms with Crippen LogP contribution < -0.4 is 10.1 Å². The lowest BCUT2D eigenvalue weighted by atomic mass is 9.89. The average molecular weight is 491 g/mol. The summed E-state index contributed by atoms with van der Waals surface area (Å²) in [6, 6.07) is 7.25. The fraction of sp³-hybridized carbons (Fsp3) is 0.607. The first kappa shape index (κ1) is 25.6. The summed E-state index contributed by atoms with van der Waals surface area (Å²) in [7, 11) is 0. The summed E-state index contributed by atoms with van der Waals surface area (Å²) < 4.78 is 45.0. The minimum atomic E-state index is -4.38. The SMILES string of the molecule is Cc1cc(OCC(F)(F)F)ccc1-c1cc(C(=O)NC2CCCCC2)c(C)n1CC1CCCCC1. The second kappa shape index (κ2) is 11.1. The molecule has 1 N–H and O–H groups in total. The molecule has 0 bridgehead atoms. The van der Waals surface area contributed by atoms with Crippen LogP contribution in [-0.4, -0.2) is 29.3 Å². The van der Waals surface area contributed by atoms with E-state index in [1.165, 1.54) is 38.5 Å². The largest absolute Gasteiger partial charge is 0.484 e. The highest BCUT2D eigenvalue weighted by atomic mass is 19.4. The summed E-state index contributed by atoms with van der Waals surface area (Å²) in [6.07, 6.45) is 7.33. The molecule has 1 amide bonds. The first-order chi connectivity index (χ1) is 16.7. The number of aryl methyl sites for hydroxylation is 1. The van der Waals surface area contributed by atoms with Gasteiger partial charge < -0.3 is 14.6 Å². The van der Waals surface area contributed by atoms with Crippen LogP contribution in [0, 0.1) is 19.8 Å². The standard InChI is InChI=1S/C28H37F3N2O2/c1-19-15-23(35-18-28(29,30)31)13-14-24(19)26-16-25(27(34)32-22-11-7-4-8-12-22)20(2)33(26)17-21-9-5-3-6-10-21/h13-16,21-22H,3-12,17-18H2,1-2H3,(H,32,34). The Bertz CT molecular complexity index is 1020. The van der Waals surface area contributed by atoms with Crippen molar-refractivity contribution >= 4 is 5.91 Å². The maximum absolute atomic E-state index is 13.3. The fourth-order valence-electron chi connectivity index (χ4n) is 5.65. The smallest absolute Gasteiger partial charge is 0.422 e. The van der Waals surface area contributed by atoms with Gasteiger partial charge in [0.25, 0.3) is 5.91 Å². The van der Waals surface area contributed by atoms with Gasteiger partial charge in [-0.05, 0) is 75.3 Å². The zero-order valence-electron chi connectivity index (χ0n) is 20.8. The Balaban J connectivity index is 1.63. The van der Waals surface area contributed by atoms with E-state index in [1.54, 1.807) is 12.1 Å². The van der Waals surface area contributed by atoms with Gasteiger partial charge in [0.2, 0.25) is 0 Å². The monoisotopic (exact) mass is 490 g/mol. The third-order valence-electron chi connectivity index (χ3n) is 7.59. The molecule has 0 radical (unpaired) electrons. The highest BCUT2D eigenvalue weighted by molar-refractivity contribution is 5.97. The normalized spacial score (nSPS) is 18.0. The molecule has 2 aliphatic rings. The topological polar surface area (TPSA) is 43.3 Å². The molecule has 1 heterocycles. The van der Waals surface area contributed by atoms with Gasteiger partial charge in [0.05, 0.1) is 5.56 Å². The number of nitrogens with one attached hydrogen (secondary N) is 1. The Kier molecular flexibility index (Phi) is 8.12. The van der Waals surface area contributed by atoms with Gasteiger partial charge in [-0.2, -0.15) is 13.2 Å². The lowest BCUT2D eigenvalue weighted by molar-refractivity contribution is -0.153. The van der Waals surface area contributed by atoms with Crippen LogP contribution in [0.15, 0.2) is 24.3 Å². The number of carbonyl (C=O) groups excluding carboxylic acids is 1.